The molecule has 26 heavy (non-hydrogen) atoms. The molecule has 3 rings (SSSR count). The summed E-state index contributed by atoms with van der Waals surface area (Å²) in [6.45, 7) is 3.31. The third-order valence-electron chi connectivity index (χ3n) is 5.09. The van der Waals surface area contributed by atoms with E-state index in [-0.39, 0.29) is 24.0 Å². The maximum atomic E-state index is 6.22. The number of guanidine groups is 1. The summed E-state index contributed by atoms with van der Waals surface area (Å²) in [6, 6.07) is 7.13. The van der Waals surface area contributed by atoms with Crippen LogP contribution in [0, 0.1) is 0 Å². The second kappa shape index (κ2) is 10.9. The van der Waals surface area contributed by atoms with Crippen molar-refractivity contribution in [3.05, 3.63) is 33.8 Å². The van der Waals surface area contributed by atoms with E-state index in [9.17, 15) is 0 Å². The van der Waals surface area contributed by atoms with Gasteiger partial charge in [0.25, 0.3) is 0 Å². The van der Waals surface area contributed by atoms with Crippen molar-refractivity contribution >= 4 is 53.1 Å². The molecule has 2 fully saturated rings. The van der Waals surface area contributed by atoms with Gasteiger partial charge in [0.1, 0.15) is 0 Å². The Morgan fingerprint density at radius 1 is 1.19 bits per heavy atom. The average molecular weight is 511 g/mol. The number of likely N-dealkylation sites (tertiary alicyclic amines) is 1. The van der Waals surface area contributed by atoms with Crippen molar-refractivity contribution in [3.63, 3.8) is 0 Å². The van der Waals surface area contributed by atoms with Crippen LogP contribution in [-0.4, -0.2) is 49.6 Å². The molecule has 1 saturated carbocycles. The molecule has 1 saturated heterocycles. The van der Waals surface area contributed by atoms with Crippen LogP contribution in [0.1, 0.15) is 37.7 Å². The number of nitrogens with zero attached hydrogens (tertiary/aromatic N) is 2. The predicted octanol–water partition coefficient (Wildman–Crippen LogP) is 4.34. The minimum Gasteiger partial charge on any atom is -0.356 e. The molecule has 146 valence electrons. The molecule has 0 atom stereocenters. The van der Waals surface area contributed by atoms with Crippen molar-refractivity contribution in [2.24, 2.45) is 4.99 Å². The SMILES string of the molecule is CN=C(NCCCc1ccc(Cl)cc1Cl)NC1CCN(C2CC2)CC1.I. The van der Waals surface area contributed by atoms with Gasteiger partial charge in [-0.15, -0.1) is 24.0 Å². The Morgan fingerprint density at radius 3 is 2.54 bits per heavy atom. The van der Waals surface area contributed by atoms with E-state index in [0.717, 1.165) is 42.0 Å². The van der Waals surface area contributed by atoms with Gasteiger partial charge in [-0.3, -0.25) is 4.99 Å². The van der Waals surface area contributed by atoms with Crippen LogP contribution >= 0.6 is 47.2 Å². The van der Waals surface area contributed by atoms with Crippen LogP contribution in [0.2, 0.25) is 10.0 Å². The standard InChI is InChI=1S/C19H28Cl2N4.HI/c1-22-19(24-16-8-11-25(12-9-16)17-6-7-17)23-10-2-3-14-4-5-15(20)13-18(14)21;/h4-5,13,16-17H,2-3,6-12H2,1H3,(H2,22,23,24);1H. The van der Waals surface area contributed by atoms with Gasteiger partial charge in [-0.1, -0.05) is 29.3 Å². The molecule has 1 aliphatic carbocycles. The minimum atomic E-state index is 0. The van der Waals surface area contributed by atoms with Gasteiger partial charge in [-0.25, -0.2) is 0 Å². The average Bonchev–Trinajstić information content (AvgIpc) is 3.45. The summed E-state index contributed by atoms with van der Waals surface area (Å²) < 4.78 is 0. The van der Waals surface area contributed by atoms with Crippen LogP contribution in [0.4, 0.5) is 0 Å². The smallest absolute Gasteiger partial charge is 0.191 e. The van der Waals surface area contributed by atoms with Crippen LogP contribution < -0.4 is 10.6 Å². The Kier molecular flexibility index (Phi) is 9.27. The second-order valence-electron chi connectivity index (χ2n) is 7.02. The normalized spacial score (nSPS) is 19.1. The van der Waals surface area contributed by atoms with E-state index in [4.69, 9.17) is 23.2 Å². The first kappa shape index (κ1) is 22.1. The Labute approximate surface area is 184 Å². The summed E-state index contributed by atoms with van der Waals surface area (Å²) >= 11 is 12.2. The summed E-state index contributed by atoms with van der Waals surface area (Å²) in [4.78, 5) is 7.00. The van der Waals surface area contributed by atoms with Gasteiger partial charge in [-0.05, 0) is 56.2 Å². The van der Waals surface area contributed by atoms with Gasteiger partial charge >= 0.3 is 0 Å². The molecule has 0 amide bonds. The molecule has 2 N–H and O–H groups in total. The van der Waals surface area contributed by atoms with E-state index in [0.29, 0.717) is 11.1 Å². The van der Waals surface area contributed by atoms with Crippen molar-refractivity contribution in [2.75, 3.05) is 26.7 Å². The molecule has 0 aromatic heterocycles. The van der Waals surface area contributed by atoms with Crippen LogP contribution in [0.5, 0.6) is 0 Å². The minimum absolute atomic E-state index is 0. The highest BCUT2D eigenvalue weighted by molar-refractivity contribution is 14.0. The molecule has 1 aromatic carbocycles. The number of piperidine rings is 1. The summed E-state index contributed by atoms with van der Waals surface area (Å²) in [7, 11) is 1.84. The Hall–Kier alpha value is -0.240. The Bertz CT molecular complexity index is 599. The largest absolute Gasteiger partial charge is 0.356 e. The van der Waals surface area contributed by atoms with Crippen molar-refractivity contribution < 1.29 is 0 Å². The molecule has 1 heterocycles. The van der Waals surface area contributed by atoms with Gasteiger partial charge in [0.05, 0.1) is 0 Å². The van der Waals surface area contributed by atoms with Gasteiger partial charge in [-0.2, -0.15) is 0 Å². The molecule has 1 aromatic rings. The van der Waals surface area contributed by atoms with Gasteiger partial charge < -0.3 is 15.5 Å². The number of aliphatic imine (C=N–C) groups is 1. The lowest BCUT2D eigenvalue weighted by molar-refractivity contribution is 0.197. The van der Waals surface area contributed by atoms with Gasteiger partial charge in [0, 0.05) is 48.8 Å². The fourth-order valence-electron chi connectivity index (χ4n) is 3.45. The summed E-state index contributed by atoms with van der Waals surface area (Å²) in [5.74, 6) is 0.909. The highest BCUT2D eigenvalue weighted by atomic mass is 127. The maximum Gasteiger partial charge on any atom is 0.191 e. The lowest BCUT2D eigenvalue weighted by atomic mass is 10.1. The Morgan fingerprint density at radius 2 is 1.92 bits per heavy atom. The third kappa shape index (κ3) is 6.73. The van der Waals surface area contributed by atoms with E-state index in [1.54, 1.807) is 6.07 Å². The molecule has 0 spiro atoms. The van der Waals surface area contributed by atoms with Crippen LogP contribution in [-0.2, 0) is 6.42 Å². The molecular formula is C19H29Cl2IN4. The lowest BCUT2D eigenvalue weighted by Gasteiger charge is -2.33. The molecule has 7 heteroatoms. The highest BCUT2D eigenvalue weighted by Crippen LogP contribution is 2.29. The molecule has 0 unspecified atom stereocenters. The molecule has 2 aliphatic rings. The fourth-order valence-corrected chi connectivity index (χ4v) is 3.95. The lowest BCUT2D eigenvalue weighted by Crippen LogP contribution is -2.49. The van der Waals surface area contributed by atoms with Crippen molar-refractivity contribution in [3.8, 4) is 0 Å². The van der Waals surface area contributed by atoms with E-state index in [1.807, 2.05) is 19.2 Å². The quantitative estimate of drug-likeness (QED) is 0.259. The number of hydrogen-bond acceptors (Lipinski definition) is 2. The Balaban J connectivity index is 0.00000243. The molecular weight excluding hydrogens is 482 g/mol. The maximum absolute atomic E-state index is 6.22. The number of halogens is 3. The van der Waals surface area contributed by atoms with Crippen molar-refractivity contribution in [2.45, 2.75) is 50.6 Å². The number of hydrogen-bond donors (Lipinski definition) is 2. The summed E-state index contributed by atoms with van der Waals surface area (Å²) in [5, 5.41) is 8.42. The van der Waals surface area contributed by atoms with Crippen LogP contribution in [0.15, 0.2) is 23.2 Å². The number of benzene rings is 1. The van der Waals surface area contributed by atoms with Gasteiger partial charge in [0.15, 0.2) is 5.96 Å². The molecule has 0 radical (unpaired) electrons. The topological polar surface area (TPSA) is 39.7 Å². The monoisotopic (exact) mass is 510 g/mol. The second-order valence-corrected chi connectivity index (χ2v) is 7.87. The first-order valence-corrected chi connectivity index (χ1v) is 10.1. The fraction of sp³-hybridized carbons (Fsp3) is 0.632. The van der Waals surface area contributed by atoms with Crippen LogP contribution in [0.3, 0.4) is 0 Å². The summed E-state index contributed by atoms with van der Waals surface area (Å²) in [5.41, 5.74) is 1.14. The molecule has 4 nitrogen and oxygen atoms in total. The van der Waals surface area contributed by atoms with Crippen molar-refractivity contribution in [1.29, 1.82) is 0 Å². The predicted molar refractivity (Wildman–Crippen MR) is 122 cm³/mol. The van der Waals surface area contributed by atoms with E-state index in [1.165, 1.54) is 38.8 Å². The van der Waals surface area contributed by atoms with Crippen molar-refractivity contribution in [1.82, 2.24) is 15.5 Å². The zero-order valence-electron chi connectivity index (χ0n) is 15.3. The first-order valence-electron chi connectivity index (χ1n) is 9.31. The molecule has 0 bridgehead atoms. The third-order valence-corrected chi connectivity index (χ3v) is 5.67. The van der Waals surface area contributed by atoms with Gasteiger partial charge in [0.2, 0.25) is 0 Å². The number of rotatable bonds is 6. The summed E-state index contributed by atoms with van der Waals surface area (Å²) in [6.07, 6.45) is 7.15. The van der Waals surface area contributed by atoms with E-state index >= 15 is 0 Å². The van der Waals surface area contributed by atoms with E-state index in [2.05, 4.69) is 20.5 Å². The van der Waals surface area contributed by atoms with E-state index < -0.39 is 0 Å². The molecule has 1 aliphatic heterocycles. The zero-order valence-corrected chi connectivity index (χ0v) is 19.2. The first-order chi connectivity index (χ1) is 12.2. The zero-order chi connectivity index (χ0) is 17.6. The van der Waals surface area contributed by atoms with Crippen LogP contribution in [0.25, 0.3) is 0 Å². The highest BCUT2D eigenvalue weighted by Gasteiger charge is 2.31. The number of nitrogens with one attached hydrogen (secondary N) is 2. The number of aryl methyl sites for hydroxylation is 1.